The Morgan fingerprint density at radius 2 is 2.07 bits per heavy atom. The highest BCUT2D eigenvalue weighted by Gasteiger charge is 2.23. The molecule has 9 heteroatoms. The Morgan fingerprint density at radius 3 is 2.75 bits per heavy atom. The molecule has 1 aromatic heterocycles. The van der Waals surface area contributed by atoms with Crippen LogP contribution < -0.4 is 10.2 Å². The van der Waals surface area contributed by atoms with Crippen molar-refractivity contribution in [3.8, 4) is 0 Å². The molecule has 2 aromatic rings. The molecule has 1 fully saturated rings. The molecule has 1 aliphatic rings. The van der Waals surface area contributed by atoms with Gasteiger partial charge in [0.25, 0.3) is 11.8 Å². The smallest absolute Gasteiger partial charge is 0.277 e. The van der Waals surface area contributed by atoms with E-state index >= 15 is 0 Å². The first-order valence-corrected chi connectivity index (χ1v) is 8.97. The van der Waals surface area contributed by atoms with Crippen molar-refractivity contribution in [3.63, 3.8) is 0 Å². The fraction of sp³-hybridized carbons (Fsp3) is 0.368. The van der Waals surface area contributed by atoms with Crippen LogP contribution in [0, 0.1) is 23.0 Å². The third-order valence-corrected chi connectivity index (χ3v) is 4.70. The SMILES string of the molecule is CNC(=O)/C=C\C(=N)c1nc(N2CCC(Cc3ccc(F)c(F)c3)CC2)no1. The fourth-order valence-electron chi connectivity index (χ4n) is 3.10. The number of benzene rings is 1. The van der Waals surface area contributed by atoms with Crippen LogP contribution in [0.3, 0.4) is 0 Å². The van der Waals surface area contributed by atoms with E-state index in [0.29, 0.717) is 31.4 Å². The Morgan fingerprint density at radius 1 is 1.32 bits per heavy atom. The largest absolute Gasteiger partial charge is 0.356 e. The first kappa shape index (κ1) is 19.7. The number of hydrogen-bond acceptors (Lipinski definition) is 6. The maximum atomic E-state index is 13.3. The summed E-state index contributed by atoms with van der Waals surface area (Å²) >= 11 is 0. The van der Waals surface area contributed by atoms with Gasteiger partial charge in [0.05, 0.1) is 0 Å². The number of likely N-dealkylation sites (N-methyl/N-ethyl adjacent to an activating group) is 1. The highest BCUT2D eigenvalue weighted by atomic mass is 19.2. The summed E-state index contributed by atoms with van der Waals surface area (Å²) in [7, 11) is 1.50. The summed E-state index contributed by atoms with van der Waals surface area (Å²) in [5.41, 5.74) is 0.742. The van der Waals surface area contributed by atoms with Gasteiger partial charge in [0.1, 0.15) is 5.71 Å². The van der Waals surface area contributed by atoms with Crippen molar-refractivity contribution in [1.82, 2.24) is 15.5 Å². The average molecular weight is 389 g/mol. The summed E-state index contributed by atoms with van der Waals surface area (Å²) in [5.74, 6) is -1.17. The molecule has 2 heterocycles. The van der Waals surface area contributed by atoms with E-state index in [2.05, 4.69) is 15.5 Å². The third kappa shape index (κ3) is 4.79. The average Bonchev–Trinajstić information content (AvgIpc) is 3.19. The number of amides is 1. The fourth-order valence-corrected chi connectivity index (χ4v) is 3.10. The number of rotatable bonds is 6. The van der Waals surface area contributed by atoms with E-state index in [9.17, 15) is 13.6 Å². The molecule has 3 rings (SSSR count). The minimum atomic E-state index is -0.831. The van der Waals surface area contributed by atoms with Crippen LogP contribution in [-0.4, -0.2) is 41.9 Å². The van der Waals surface area contributed by atoms with Crippen molar-refractivity contribution in [1.29, 1.82) is 5.41 Å². The van der Waals surface area contributed by atoms with Crippen molar-refractivity contribution >= 4 is 17.6 Å². The van der Waals surface area contributed by atoms with Gasteiger partial charge in [0.15, 0.2) is 11.6 Å². The van der Waals surface area contributed by atoms with Gasteiger partial charge in [0.2, 0.25) is 5.91 Å². The molecule has 7 nitrogen and oxygen atoms in total. The molecule has 0 radical (unpaired) electrons. The summed E-state index contributed by atoms with van der Waals surface area (Å²) in [5, 5.41) is 14.2. The number of allylic oxidation sites excluding steroid dienone is 1. The number of anilines is 1. The summed E-state index contributed by atoms with van der Waals surface area (Å²) in [4.78, 5) is 17.4. The number of hydrogen-bond donors (Lipinski definition) is 2. The summed E-state index contributed by atoms with van der Waals surface area (Å²) in [6, 6.07) is 4.04. The van der Waals surface area contributed by atoms with Gasteiger partial charge in [-0.05, 0) is 54.1 Å². The molecule has 1 aromatic carbocycles. The molecule has 0 bridgehead atoms. The number of nitrogens with zero attached hydrogens (tertiary/aromatic N) is 3. The second kappa shape index (κ2) is 8.73. The van der Waals surface area contributed by atoms with Crippen molar-refractivity contribution in [3.05, 3.63) is 53.4 Å². The van der Waals surface area contributed by atoms with Gasteiger partial charge in [-0.15, -0.1) is 0 Å². The van der Waals surface area contributed by atoms with Crippen molar-refractivity contribution < 1.29 is 18.1 Å². The van der Waals surface area contributed by atoms with Crippen LogP contribution in [-0.2, 0) is 11.2 Å². The van der Waals surface area contributed by atoms with Gasteiger partial charge in [-0.1, -0.05) is 6.07 Å². The number of aromatic nitrogens is 2. The van der Waals surface area contributed by atoms with E-state index in [1.165, 1.54) is 25.3 Å². The van der Waals surface area contributed by atoms with Gasteiger partial charge in [-0.25, -0.2) is 8.78 Å². The zero-order valence-electron chi connectivity index (χ0n) is 15.4. The van der Waals surface area contributed by atoms with Crippen LogP contribution in [0.1, 0.15) is 24.3 Å². The number of carbonyl (C=O) groups is 1. The van der Waals surface area contributed by atoms with E-state index in [1.807, 2.05) is 4.90 Å². The van der Waals surface area contributed by atoms with Crippen LogP contribution in [0.5, 0.6) is 0 Å². The zero-order valence-corrected chi connectivity index (χ0v) is 15.4. The number of carbonyl (C=O) groups excluding carboxylic acids is 1. The van der Waals surface area contributed by atoms with E-state index in [-0.39, 0.29) is 17.5 Å². The molecule has 28 heavy (non-hydrogen) atoms. The lowest BCUT2D eigenvalue weighted by Crippen LogP contribution is -2.35. The highest BCUT2D eigenvalue weighted by Crippen LogP contribution is 2.25. The maximum Gasteiger partial charge on any atom is 0.277 e. The van der Waals surface area contributed by atoms with Crippen LogP contribution >= 0.6 is 0 Å². The molecular formula is C19H21F2N5O2. The molecule has 1 amide bonds. The maximum absolute atomic E-state index is 13.3. The molecule has 0 saturated carbocycles. The van der Waals surface area contributed by atoms with Gasteiger partial charge in [-0.2, -0.15) is 4.98 Å². The normalized spacial score (nSPS) is 15.2. The Labute approximate surface area is 160 Å². The molecule has 0 spiro atoms. The van der Waals surface area contributed by atoms with E-state index in [1.54, 1.807) is 6.07 Å². The second-order valence-electron chi connectivity index (χ2n) is 6.64. The van der Waals surface area contributed by atoms with Crippen LogP contribution in [0.15, 0.2) is 34.9 Å². The molecule has 1 aliphatic heterocycles. The zero-order chi connectivity index (χ0) is 20.1. The third-order valence-electron chi connectivity index (χ3n) is 4.70. The van der Waals surface area contributed by atoms with Crippen LogP contribution in [0.4, 0.5) is 14.7 Å². The minimum absolute atomic E-state index is 0.0408. The van der Waals surface area contributed by atoms with Crippen LogP contribution in [0.2, 0.25) is 0 Å². The van der Waals surface area contributed by atoms with E-state index < -0.39 is 11.6 Å². The molecule has 0 aliphatic carbocycles. The predicted molar refractivity (Wildman–Crippen MR) is 99.3 cm³/mol. The van der Waals surface area contributed by atoms with Gasteiger partial charge < -0.3 is 14.7 Å². The second-order valence-corrected chi connectivity index (χ2v) is 6.64. The molecule has 1 saturated heterocycles. The minimum Gasteiger partial charge on any atom is -0.356 e. The first-order chi connectivity index (χ1) is 13.5. The first-order valence-electron chi connectivity index (χ1n) is 8.97. The lowest BCUT2D eigenvalue weighted by atomic mass is 9.90. The summed E-state index contributed by atoms with van der Waals surface area (Å²) < 4.78 is 31.5. The van der Waals surface area contributed by atoms with E-state index in [4.69, 9.17) is 9.93 Å². The van der Waals surface area contributed by atoms with Crippen molar-refractivity contribution in [2.24, 2.45) is 5.92 Å². The lowest BCUT2D eigenvalue weighted by Gasteiger charge is -2.30. The highest BCUT2D eigenvalue weighted by molar-refractivity contribution is 6.06. The quantitative estimate of drug-likeness (QED) is 0.585. The van der Waals surface area contributed by atoms with Crippen molar-refractivity contribution in [2.75, 3.05) is 25.0 Å². The molecule has 0 unspecified atom stereocenters. The molecule has 0 atom stereocenters. The topological polar surface area (TPSA) is 95.1 Å². The Hall–Kier alpha value is -3.10. The Bertz CT molecular complexity index is 888. The van der Waals surface area contributed by atoms with Gasteiger partial charge in [-0.3, -0.25) is 10.2 Å². The summed E-state index contributed by atoms with van der Waals surface area (Å²) in [6.07, 6.45) is 4.92. The number of nitrogens with one attached hydrogen (secondary N) is 2. The molecular weight excluding hydrogens is 368 g/mol. The molecule has 148 valence electrons. The standard InChI is InChI=1S/C19H21F2N5O2/c1-23-17(27)5-4-16(22)18-24-19(25-28-18)26-8-6-12(7-9-26)10-13-2-3-14(20)15(21)11-13/h2-5,11-12,22H,6-10H2,1H3,(H,23,27)/b5-4-,22-16?. The lowest BCUT2D eigenvalue weighted by molar-refractivity contribution is -0.116. The Kier molecular flexibility index (Phi) is 6.13. The number of halogens is 2. The van der Waals surface area contributed by atoms with Crippen molar-refractivity contribution in [2.45, 2.75) is 19.3 Å². The predicted octanol–water partition coefficient (Wildman–Crippen LogP) is 2.48. The van der Waals surface area contributed by atoms with Crippen LogP contribution in [0.25, 0.3) is 0 Å². The monoisotopic (exact) mass is 389 g/mol. The molecule has 2 N–H and O–H groups in total. The van der Waals surface area contributed by atoms with E-state index in [0.717, 1.165) is 24.5 Å². The Balaban J connectivity index is 1.54. The van der Waals surface area contributed by atoms with Gasteiger partial charge in [0, 0.05) is 26.2 Å². The summed E-state index contributed by atoms with van der Waals surface area (Å²) in [6.45, 7) is 1.41. The number of piperidine rings is 1. The van der Waals surface area contributed by atoms with Gasteiger partial charge >= 0.3 is 0 Å².